The molecule has 0 aliphatic carbocycles. The van der Waals surface area contributed by atoms with Gasteiger partial charge in [0.1, 0.15) is 0 Å². The van der Waals surface area contributed by atoms with E-state index in [0.717, 1.165) is 23.5 Å². The van der Waals surface area contributed by atoms with Crippen molar-refractivity contribution < 1.29 is 19.0 Å². The molecule has 2 aromatic rings. The van der Waals surface area contributed by atoms with Crippen LogP contribution in [0.4, 0.5) is 0 Å². The second kappa shape index (κ2) is 6.39. The first kappa shape index (κ1) is 14.3. The van der Waals surface area contributed by atoms with Crippen molar-refractivity contribution in [3.05, 3.63) is 35.4 Å². The third-order valence-electron chi connectivity index (χ3n) is 3.23. The molecule has 4 heteroatoms. The van der Waals surface area contributed by atoms with E-state index in [1.165, 1.54) is 5.56 Å². The summed E-state index contributed by atoms with van der Waals surface area (Å²) < 4.78 is 15.9. The van der Waals surface area contributed by atoms with Crippen molar-refractivity contribution in [1.29, 1.82) is 0 Å². The highest BCUT2D eigenvalue weighted by molar-refractivity contribution is 6.03. The van der Waals surface area contributed by atoms with Crippen LogP contribution in [-0.2, 0) is 11.2 Å². The van der Waals surface area contributed by atoms with Gasteiger partial charge in [0.2, 0.25) is 0 Å². The first-order chi connectivity index (χ1) is 9.74. The Kier molecular flexibility index (Phi) is 4.58. The average Bonchev–Trinajstić information content (AvgIpc) is 2.51. The van der Waals surface area contributed by atoms with Gasteiger partial charge in [-0.15, -0.1) is 0 Å². The normalized spacial score (nSPS) is 10.6. The summed E-state index contributed by atoms with van der Waals surface area (Å²) in [5.41, 5.74) is 1.76. The molecule has 0 fully saturated rings. The van der Waals surface area contributed by atoms with Crippen LogP contribution in [-0.4, -0.2) is 27.3 Å². The summed E-state index contributed by atoms with van der Waals surface area (Å²) in [5, 5.41) is 1.71. The minimum Gasteiger partial charge on any atom is -0.493 e. The molecule has 0 saturated carbocycles. The van der Waals surface area contributed by atoms with Crippen molar-refractivity contribution in [3.63, 3.8) is 0 Å². The quantitative estimate of drug-likeness (QED) is 0.599. The van der Waals surface area contributed by atoms with E-state index in [-0.39, 0.29) is 6.79 Å². The van der Waals surface area contributed by atoms with Crippen molar-refractivity contribution >= 4 is 17.1 Å². The minimum absolute atomic E-state index is 0.126. The Bertz CT molecular complexity index is 619. The second-order valence-electron chi connectivity index (χ2n) is 4.40. The van der Waals surface area contributed by atoms with Crippen LogP contribution in [0.1, 0.15) is 22.8 Å². The van der Waals surface area contributed by atoms with E-state index >= 15 is 0 Å². The van der Waals surface area contributed by atoms with Gasteiger partial charge in [-0.2, -0.15) is 0 Å². The number of aldehydes is 1. The fourth-order valence-electron chi connectivity index (χ4n) is 2.18. The summed E-state index contributed by atoms with van der Waals surface area (Å²) in [7, 11) is 3.11. The van der Waals surface area contributed by atoms with Crippen molar-refractivity contribution in [2.24, 2.45) is 0 Å². The van der Waals surface area contributed by atoms with E-state index in [1.807, 2.05) is 18.2 Å². The van der Waals surface area contributed by atoms with Crippen LogP contribution in [0.15, 0.2) is 24.3 Å². The molecule has 0 spiro atoms. The molecule has 0 aromatic heterocycles. The Balaban J connectivity index is 2.71. The molecule has 2 aromatic carbocycles. The van der Waals surface area contributed by atoms with Crippen molar-refractivity contribution in [3.8, 4) is 11.5 Å². The standard InChI is InChI=1S/C16H18O4/c1-4-11-5-6-13-14(7-11)12(9-17)8-15(19-3)16(13)20-10-18-2/h5-9H,4,10H2,1-3H3. The number of carbonyl (C=O) groups excluding carboxylic acids is 1. The maximum Gasteiger partial charge on any atom is 0.188 e. The molecule has 0 bridgehead atoms. The van der Waals surface area contributed by atoms with Crippen molar-refractivity contribution in [1.82, 2.24) is 0 Å². The molecule has 20 heavy (non-hydrogen) atoms. The number of methoxy groups -OCH3 is 2. The van der Waals surface area contributed by atoms with Crippen LogP contribution < -0.4 is 9.47 Å². The topological polar surface area (TPSA) is 44.8 Å². The van der Waals surface area contributed by atoms with Gasteiger partial charge in [0.25, 0.3) is 0 Å². The van der Waals surface area contributed by atoms with E-state index in [9.17, 15) is 4.79 Å². The molecule has 2 rings (SSSR count). The summed E-state index contributed by atoms with van der Waals surface area (Å²) >= 11 is 0. The van der Waals surface area contributed by atoms with Gasteiger partial charge >= 0.3 is 0 Å². The number of fused-ring (bicyclic) bond motifs is 1. The van der Waals surface area contributed by atoms with Crippen LogP contribution in [0.5, 0.6) is 11.5 Å². The summed E-state index contributed by atoms with van der Waals surface area (Å²) in [6, 6.07) is 7.68. The van der Waals surface area contributed by atoms with E-state index in [1.54, 1.807) is 20.3 Å². The van der Waals surface area contributed by atoms with Gasteiger partial charge < -0.3 is 14.2 Å². The second-order valence-corrected chi connectivity index (χ2v) is 4.40. The first-order valence-electron chi connectivity index (χ1n) is 6.45. The molecule has 106 valence electrons. The number of carbonyl (C=O) groups is 1. The number of hydrogen-bond acceptors (Lipinski definition) is 4. The molecule has 0 heterocycles. The molecule has 4 nitrogen and oxygen atoms in total. The van der Waals surface area contributed by atoms with Crippen LogP contribution in [0.25, 0.3) is 10.8 Å². The highest BCUT2D eigenvalue weighted by Gasteiger charge is 2.14. The molecule has 0 saturated heterocycles. The highest BCUT2D eigenvalue weighted by Crippen LogP contribution is 2.38. The van der Waals surface area contributed by atoms with Crippen LogP contribution >= 0.6 is 0 Å². The van der Waals surface area contributed by atoms with E-state index < -0.39 is 0 Å². The molecule has 0 radical (unpaired) electrons. The third-order valence-corrected chi connectivity index (χ3v) is 3.23. The smallest absolute Gasteiger partial charge is 0.188 e. The van der Waals surface area contributed by atoms with Crippen molar-refractivity contribution in [2.75, 3.05) is 21.0 Å². The van der Waals surface area contributed by atoms with Gasteiger partial charge in [-0.05, 0) is 23.4 Å². The predicted molar refractivity (Wildman–Crippen MR) is 77.8 cm³/mol. The zero-order chi connectivity index (χ0) is 14.5. The van der Waals surface area contributed by atoms with Crippen LogP contribution in [0.2, 0.25) is 0 Å². The van der Waals surface area contributed by atoms with Gasteiger partial charge in [-0.25, -0.2) is 0 Å². The van der Waals surface area contributed by atoms with Gasteiger partial charge in [0.15, 0.2) is 24.6 Å². The summed E-state index contributed by atoms with van der Waals surface area (Å²) in [4.78, 5) is 11.3. The largest absolute Gasteiger partial charge is 0.493 e. The molecule has 0 aliphatic rings. The Hall–Kier alpha value is -2.07. The molecular weight excluding hydrogens is 256 g/mol. The molecule has 0 N–H and O–H groups in total. The minimum atomic E-state index is 0.126. The van der Waals surface area contributed by atoms with Crippen LogP contribution in [0.3, 0.4) is 0 Å². The van der Waals surface area contributed by atoms with Gasteiger partial charge in [-0.3, -0.25) is 4.79 Å². The molecule has 0 unspecified atom stereocenters. The Morgan fingerprint density at radius 3 is 2.55 bits per heavy atom. The SMILES string of the molecule is CCc1ccc2c(OCOC)c(OC)cc(C=O)c2c1. The lowest BCUT2D eigenvalue weighted by molar-refractivity contribution is 0.0503. The predicted octanol–water partition coefficient (Wildman–Crippen LogP) is 3.21. The zero-order valence-electron chi connectivity index (χ0n) is 11.9. The van der Waals surface area contributed by atoms with E-state index in [4.69, 9.17) is 14.2 Å². The van der Waals surface area contributed by atoms with E-state index in [2.05, 4.69) is 6.92 Å². The lowest BCUT2D eigenvalue weighted by atomic mass is 10.00. The Morgan fingerprint density at radius 1 is 1.15 bits per heavy atom. The molecular formula is C16H18O4. The summed E-state index contributed by atoms with van der Waals surface area (Å²) in [6.07, 6.45) is 1.75. The number of aryl methyl sites for hydroxylation is 1. The number of rotatable bonds is 6. The zero-order valence-corrected chi connectivity index (χ0v) is 11.9. The molecule has 0 aliphatic heterocycles. The molecule has 0 atom stereocenters. The number of hydrogen-bond donors (Lipinski definition) is 0. The third kappa shape index (κ3) is 2.60. The van der Waals surface area contributed by atoms with Crippen LogP contribution in [0, 0.1) is 0 Å². The lowest BCUT2D eigenvalue weighted by Crippen LogP contribution is -2.02. The Morgan fingerprint density at radius 2 is 1.95 bits per heavy atom. The number of benzene rings is 2. The first-order valence-corrected chi connectivity index (χ1v) is 6.45. The monoisotopic (exact) mass is 274 g/mol. The maximum atomic E-state index is 11.3. The number of ether oxygens (including phenoxy) is 3. The fourth-order valence-corrected chi connectivity index (χ4v) is 2.18. The maximum absolute atomic E-state index is 11.3. The highest BCUT2D eigenvalue weighted by atomic mass is 16.7. The summed E-state index contributed by atoms with van der Waals surface area (Å²) in [5.74, 6) is 1.12. The Labute approximate surface area is 118 Å². The van der Waals surface area contributed by atoms with Gasteiger partial charge in [-0.1, -0.05) is 25.1 Å². The van der Waals surface area contributed by atoms with Crippen molar-refractivity contribution in [2.45, 2.75) is 13.3 Å². The van der Waals surface area contributed by atoms with Gasteiger partial charge in [0.05, 0.1) is 7.11 Å². The lowest BCUT2D eigenvalue weighted by Gasteiger charge is -2.15. The average molecular weight is 274 g/mol. The summed E-state index contributed by atoms with van der Waals surface area (Å²) in [6.45, 7) is 2.20. The molecule has 0 amide bonds. The fraction of sp³-hybridized carbons (Fsp3) is 0.312. The van der Waals surface area contributed by atoms with E-state index in [0.29, 0.717) is 17.1 Å². The van der Waals surface area contributed by atoms with Gasteiger partial charge in [0, 0.05) is 18.1 Å².